The van der Waals surface area contributed by atoms with Crippen LogP contribution in [-0.2, 0) is 14.3 Å². The lowest BCUT2D eigenvalue weighted by molar-refractivity contribution is -0.121. The number of aryl methyl sites for hydroxylation is 1. The maximum Gasteiger partial charge on any atom is 0.404 e. The summed E-state index contributed by atoms with van der Waals surface area (Å²) < 4.78 is 18.2. The Morgan fingerprint density at radius 3 is 2.38 bits per heavy atom. The number of carbonyl (C=O) groups excluding carboxylic acids is 1. The summed E-state index contributed by atoms with van der Waals surface area (Å²) in [7, 11) is 1.61. The fraction of sp³-hybridized carbons (Fsp3) is 0.370. The quantitative estimate of drug-likeness (QED) is 0.266. The van der Waals surface area contributed by atoms with Crippen LogP contribution in [-0.4, -0.2) is 84.2 Å². The molecule has 0 spiro atoms. The van der Waals surface area contributed by atoms with Crippen molar-refractivity contribution in [3.8, 4) is 11.4 Å². The van der Waals surface area contributed by atoms with E-state index in [4.69, 9.17) is 35.9 Å². The monoisotopic (exact) mass is 570 g/mol. The van der Waals surface area contributed by atoms with E-state index in [0.717, 1.165) is 16.8 Å². The number of ether oxygens (including phenoxy) is 3. The first-order valence-electron chi connectivity index (χ1n) is 12.7. The van der Waals surface area contributed by atoms with Crippen molar-refractivity contribution < 1.29 is 28.9 Å². The van der Waals surface area contributed by atoms with Crippen LogP contribution in [0.4, 0.5) is 4.79 Å². The predicted octanol–water partition coefficient (Wildman–Crippen LogP) is 2.94. The van der Waals surface area contributed by atoms with Gasteiger partial charge in [0.1, 0.15) is 17.6 Å². The van der Waals surface area contributed by atoms with Crippen LogP contribution in [0.5, 0.6) is 5.75 Å². The van der Waals surface area contributed by atoms with Crippen molar-refractivity contribution in [2.24, 2.45) is 4.99 Å². The first kappa shape index (κ1) is 29.0. The van der Waals surface area contributed by atoms with Gasteiger partial charge in [0.15, 0.2) is 5.82 Å². The van der Waals surface area contributed by atoms with Gasteiger partial charge in [0.05, 0.1) is 51.4 Å². The highest BCUT2D eigenvalue weighted by Gasteiger charge is 2.30. The second-order valence-electron chi connectivity index (χ2n) is 8.84. The average molecular weight is 571 g/mol. The van der Waals surface area contributed by atoms with Crippen molar-refractivity contribution in [2.45, 2.75) is 19.4 Å². The molecular weight excluding hydrogens is 540 g/mol. The highest BCUT2D eigenvalue weighted by Crippen LogP contribution is 2.34. The Morgan fingerprint density at radius 2 is 1.70 bits per heavy atom. The highest BCUT2D eigenvalue weighted by molar-refractivity contribution is 6.30. The summed E-state index contributed by atoms with van der Waals surface area (Å²) in [4.78, 5) is 28.4. The molecule has 4 rings (SSSR count). The van der Waals surface area contributed by atoms with E-state index in [-0.39, 0.29) is 25.5 Å². The van der Waals surface area contributed by atoms with E-state index in [1.807, 2.05) is 41.8 Å². The number of rotatable bonds is 13. The Bertz CT molecular complexity index is 1360. The standard InChI is InChI=1S/C27H31ClN6O6/c1-17-32-33-26-22(16-24(35)29-9-11-39-13-14-40-12-10-30-27(36)37)31-25(18-3-5-19(28)6-4-18)21-15-20(38-2)7-8-23(21)34(17)26/h3-8,15,22,30H,9-14,16H2,1-2H3,(H,29,35)(H,36,37)/t22-/m0/s1. The van der Waals surface area contributed by atoms with E-state index in [1.165, 1.54) is 0 Å². The van der Waals surface area contributed by atoms with Crippen LogP contribution in [0.1, 0.15) is 35.2 Å². The summed E-state index contributed by atoms with van der Waals surface area (Å²) >= 11 is 6.15. The van der Waals surface area contributed by atoms with Crippen LogP contribution in [0, 0.1) is 6.92 Å². The predicted molar refractivity (Wildman–Crippen MR) is 148 cm³/mol. The molecule has 40 heavy (non-hydrogen) atoms. The third kappa shape index (κ3) is 7.34. The number of carboxylic acid groups (broad SMARTS) is 1. The van der Waals surface area contributed by atoms with Gasteiger partial charge < -0.3 is 30.0 Å². The number of hydrogen-bond acceptors (Lipinski definition) is 8. The SMILES string of the molecule is COc1ccc2c(c1)C(c1ccc(Cl)cc1)=N[C@@H](CC(=O)NCCOCCOCCNC(=O)O)c1nnc(C)n1-2. The van der Waals surface area contributed by atoms with Crippen molar-refractivity contribution in [2.75, 3.05) is 46.6 Å². The number of aliphatic imine (C=N–C) groups is 1. The van der Waals surface area contributed by atoms with Crippen LogP contribution in [0.2, 0.25) is 5.02 Å². The molecule has 2 amide bonds. The summed E-state index contributed by atoms with van der Waals surface area (Å²) in [6.07, 6.45) is -1.04. The second-order valence-corrected chi connectivity index (χ2v) is 9.27. The normalized spacial score (nSPS) is 14.0. The van der Waals surface area contributed by atoms with E-state index in [1.54, 1.807) is 19.2 Å². The molecule has 2 aromatic carbocycles. The van der Waals surface area contributed by atoms with Crippen LogP contribution < -0.4 is 15.4 Å². The van der Waals surface area contributed by atoms with E-state index in [0.29, 0.717) is 54.5 Å². The van der Waals surface area contributed by atoms with E-state index >= 15 is 0 Å². The van der Waals surface area contributed by atoms with Crippen LogP contribution in [0.3, 0.4) is 0 Å². The van der Waals surface area contributed by atoms with Gasteiger partial charge in [-0.25, -0.2) is 4.79 Å². The zero-order chi connectivity index (χ0) is 28.5. The van der Waals surface area contributed by atoms with Crippen molar-refractivity contribution in [1.29, 1.82) is 0 Å². The Hall–Kier alpha value is -4.00. The molecule has 1 aliphatic rings. The lowest BCUT2D eigenvalue weighted by atomic mass is 10.00. The zero-order valence-corrected chi connectivity index (χ0v) is 23.0. The van der Waals surface area contributed by atoms with E-state index in [2.05, 4.69) is 20.8 Å². The number of benzene rings is 2. The number of aromatic nitrogens is 3. The number of fused-ring (bicyclic) bond motifs is 3. The molecule has 3 N–H and O–H groups in total. The lowest BCUT2D eigenvalue weighted by Gasteiger charge is -2.14. The maximum absolute atomic E-state index is 13.0. The minimum Gasteiger partial charge on any atom is -0.497 e. The second kappa shape index (κ2) is 13.9. The van der Waals surface area contributed by atoms with Crippen LogP contribution in [0.25, 0.3) is 5.69 Å². The summed E-state index contributed by atoms with van der Waals surface area (Å²) in [5, 5.41) is 22.9. The third-order valence-corrected chi connectivity index (χ3v) is 6.34. The molecule has 1 atom stereocenters. The minimum atomic E-state index is -1.09. The fourth-order valence-electron chi connectivity index (χ4n) is 4.24. The molecule has 12 nitrogen and oxygen atoms in total. The Morgan fingerprint density at radius 1 is 1.00 bits per heavy atom. The largest absolute Gasteiger partial charge is 0.497 e. The van der Waals surface area contributed by atoms with E-state index in [9.17, 15) is 9.59 Å². The van der Waals surface area contributed by atoms with Gasteiger partial charge in [-0.15, -0.1) is 10.2 Å². The van der Waals surface area contributed by atoms with Gasteiger partial charge >= 0.3 is 6.09 Å². The molecular formula is C27H31ClN6O6. The Balaban J connectivity index is 1.44. The Labute approximate surface area is 236 Å². The summed E-state index contributed by atoms with van der Waals surface area (Å²) in [6.45, 7) is 3.58. The summed E-state index contributed by atoms with van der Waals surface area (Å²) in [6, 6.07) is 12.5. The number of hydrogen-bond donors (Lipinski definition) is 3. The van der Waals surface area contributed by atoms with Crippen LogP contribution >= 0.6 is 11.6 Å². The third-order valence-electron chi connectivity index (χ3n) is 6.09. The number of methoxy groups -OCH3 is 1. The smallest absolute Gasteiger partial charge is 0.404 e. The molecule has 1 aromatic heterocycles. The van der Waals surface area contributed by atoms with Gasteiger partial charge in [-0.05, 0) is 37.3 Å². The molecule has 0 radical (unpaired) electrons. The molecule has 0 bridgehead atoms. The average Bonchev–Trinajstić information content (AvgIpc) is 3.26. The molecule has 212 valence electrons. The molecule has 0 saturated carbocycles. The van der Waals surface area contributed by atoms with Gasteiger partial charge in [-0.1, -0.05) is 23.7 Å². The molecule has 0 unspecified atom stereocenters. The molecule has 13 heteroatoms. The van der Waals surface area contributed by atoms with Gasteiger partial charge in [0.25, 0.3) is 0 Å². The number of carbonyl (C=O) groups is 2. The molecule has 1 aliphatic heterocycles. The Kier molecular flexibility index (Phi) is 10.1. The van der Waals surface area contributed by atoms with Gasteiger partial charge in [-0.3, -0.25) is 14.4 Å². The van der Waals surface area contributed by atoms with E-state index < -0.39 is 12.1 Å². The van der Waals surface area contributed by atoms with Crippen molar-refractivity contribution >= 4 is 29.3 Å². The summed E-state index contributed by atoms with van der Waals surface area (Å²) in [5.41, 5.74) is 3.19. The van der Waals surface area contributed by atoms with Gasteiger partial charge in [-0.2, -0.15) is 0 Å². The van der Waals surface area contributed by atoms with Crippen molar-refractivity contribution in [3.63, 3.8) is 0 Å². The first-order valence-corrected chi connectivity index (χ1v) is 13.1. The highest BCUT2D eigenvalue weighted by atomic mass is 35.5. The van der Waals surface area contributed by atoms with Crippen molar-refractivity contribution in [3.05, 3.63) is 70.3 Å². The first-order chi connectivity index (χ1) is 19.4. The molecule has 0 aliphatic carbocycles. The number of amides is 2. The molecule has 0 saturated heterocycles. The molecule has 0 fully saturated rings. The number of halogens is 1. The molecule has 2 heterocycles. The van der Waals surface area contributed by atoms with Crippen molar-refractivity contribution in [1.82, 2.24) is 25.4 Å². The summed E-state index contributed by atoms with van der Waals surface area (Å²) in [5.74, 6) is 1.70. The van der Waals surface area contributed by atoms with Gasteiger partial charge in [0, 0.05) is 29.2 Å². The topological polar surface area (TPSA) is 149 Å². The zero-order valence-electron chi connectivity index (χ0n) is 22.2. The van der Waals surface area contributed by atoms with Crippen LogP contribution in [0.15, 0.2) is 47.5 Å². The number of nitrogens with zero attached hydrogens (tertiary/aromatic N) is 4. The number of nitrogens with one attached hydrogen (secondary N) is 2. The van der Waals surface area contributed by atoms with Gasteiger partial charge in [0.2, 0.25) is 5.91 Å². The fourth-order valence-corrected chi connectivity index (χ4v) is 4.37. The molecule has 3 aromatic rings. The maximum atomic E-state index is 13.0. The lowest BCUT2D eigenvalue weighted by Crippen LogP contribution is -2.29. The minimum absolute atomic E-state index is 0.0556.